The van der Waals surface area contributed by atoms with Crippen LogP contribution < -0.4 is 4.31 Å². The molecule has 0 bridgehead atoms. The molecule has 32 heavy (non-hydrogen) atoms. The van der Waals surface area contributed by atoms with Crippen LogP contribution in [0.3, 0.4) is 0 Å². The summed E-state index contributed by atoms with van der Waals surface area (Å²) < 4.78 is 28.4. The molecule has 1 atom stereocenters. The Labute approximate surface area is 200 Å². The van der Waals surface area contributed by atoms with Crippen LogP contribution in [0, 0.1) is 25.7 Å². The molecule has 2 rings (SSSR count). The quantitative estimate of drug-likeness (QED) is 0.495. The summed E-state index contributed by atoms with van der Waals surface area (Å²) in [5, 5.41) is 11.0. The van der Waals surface area contributed by atoms with Crippen LogP contribution in [0.2, 0.25) is 0 Å². The van der Waals surface area contributed by atoms with E-state index in [1.54, 1.807) is 30.3 Å². The lowest BCUT2D eigenvalue weighted by molar-refractivity contribution is 0.104. The lowest BCUT2D eigenvalue weighted by Crippen LogP contribution is -2.44. The Morgan fingerprint density at radius 3 is 1.88 bits per heavy atom. The van der Waals surface area contributed by atoms with Gasteiger partial charge in [-0.25, -0.2) is 8.42 Å². The van der Waals surface area contributed by atoms with Gasteiger partial charge in [-0.1, -0.05) is 57.5 Å². The van der Waals surface area contributed by atoms with Crippen molar-refractivity contribution < 1.29 is 13.5 Å². The molecule has 0 radical (unpaired) electrons. The van der Waals surface area contributed by atoms with Crippen molar-refractivity contribution in [3.05, 3.63) is 59.7 Å². The van der Waals surface area contributed by atoms with Crippen molar-refractivity contribution in [1.29, 1.82) is 0 Å². The molecule has 0 heterocycles. The number of sulfonamides is 1. The highest BCUT2D eigenvalue weighted by Crippen LogP contribution is 2.25. The van der Waals surface area contributed by atoms with Gasteiger partial charge in [0.05, 0.1) is 23.2 Å². The average molecular weight is 483 g/mol. The first-order valence-electron chi connectivity index (χ1n) is 11.1. The Hall–Kier alpha value is -1.60. The van der Waals surface area contributed by atoms with Crippen molar-refractivity contribution in [3.63, 3.8) is 0 Å². The van der Waals surface area contributed by atoms with Gasteiger partial charge in [0.15, 0.2) is 0 Å². The van der Waals surface area contributed by atoms with Gasteiger partial charge >= 0.3 is 0 Å². The second-order valence-corrected chi connectivity index (χ2v) is 11.2. The maximum absolute atomic E-state index is 13.5. The third-order valence-electron chi connectivity index (χ3n) is 4.99. The molecule has 2 aromatic rings. The van der Waals surface area contributed by atoms with Crippen molar-refractivity contribution in [2.24, 2.45) is 11.8 Å². The standard InChI is InChI=1S/C25H38N2O3S.ClH/c1-19(2)15-26(16-20(3)4)17-24(28)18-27(23-9-7-8-22(6)14-23)31(29,30)25-12-10-21(5)11-13-25;/h7-14,19-20,24,28H,15-18H2,1-6H3;1H. The van der Waals surface area contributed by atoms with Crippen LogP contribution in [0.4, 0.5) is 5.69 Å². The average Bonchev–Trinajstić information content (AvgIpc) is 2.65. The molecule has 1 N–H and O–H groups in total. The summed E-state index contributed by atoms with van der Waals surface area (Å²) in [6.07, 6.45) is -0.807. The molecule has 0 amide bonds. The molecule has 0 saturated carbocycles. The number of hydrogen-bond acceptors (Lipinski definition) is 4. The minimum Gasteiger partial charge on any atom is -0.390 e. The molecular formula is C25H39ClN2O3S. The zero-order chi connectivity index (χ0) is 23.2. The maximum atomic E-state index is 13.5. The van der Waals surface area contributed by atoms with E-state index in [1.807, 2.05) is 32.0 Å². The minimum absolute atomic E-state index is 0. The number of nitrogens with zero attached hydrogens (tertiary/aromatic N) is 2. The second-order valence-electron chi connectivity index (χ2n) is 9.35. The van der Waals surface area contributed by atoms with E-state index in [4.69, 9.17) is 0 Å². The van der Waals surface area contributed by atoms with Crippen LogP contribution >= 0.6 is 12.4 Å². The van der Waals surface area contributed by atoms with E-state index in [-0.39, 0.29) is 23.8 Å². The van der Waals surface area contributed by atoms with Crippen molar-refractivity contribution in [2.75, 3.05) is 30.5 Å². The Bertz CT molecular complexity index is 920. The van der Waals surface area contributed by atoms with E-state index in [0.717, 1.165) is 24.2 Å². The molecule has 0 fully saturated rings. The summed E-state index contributed by atoms with van der Waals surface area (Å²) in [5.41, 5.74) is 2.54. The Kier molecular flexibility index (Phi) is 11.2. The van der Waals surface area contributed by atoms with Gasteiger partial charge in [0.25, 0.3) is 10.0 Å². The van der Waals surface area contributed by atoms with E-state index >= 15 is 0 Å². The summed E-state index contributed by atoms with van der Waals surface area (Å²) in [6, 6.07) is 14.3. The fourth-order valence-electron chi connectivity index (χ4n) is 3.77. The summed E-state index contributed by atoms with van der Waals surface area (Å²) in [6.45, 7) is 14.6. The van der Waals surface area contributed by atoms with E-state index in [9.17, 15) is 13.5 Å². The van der Waals surface area contributed by atoms with Crippen molar-refractivity contribution in [1.82, 2.24) is 4.90 Å². The SMILES string of the molecule is Cc1ccc(S(=O)(=O)N(CC(O)CN(CC(C)C)CC(C)C)c2cccc(C)c2)cc1.Cl. The molecule has 0 aliphatic heterocycles. The third-order valence-corrected chi connectivity index (χ3v) is 6.80. The summed E-state index contributed by atoms with van der Waals surface area (Å²) >= 11 is 0. The van der Waals surface area contributed by atoms with Gasteiger partial charge < -0.3 is 10.0 Å². The van der Waals surface area contributed by atoms with Crippen molar-refractivity contribution >= 4 is 28.1 Å². The van der Waals surface area contributed by atoms with Gasteiger partial charge in [-0.2, -0.15) is 0 Å². The molecule has 7 heteroatoms. The van der Waals surface area contributed by atoms with E-state index < -0.39 is 16.1 Å². The number of halogens is 1. The first-order chi connectivity index (χ1) is 14.5. The van der Waals surface area contributed by atoms with Gasteiger partial charge in [0.2, 0.25) is 0 Å². The zero-order valence-electron chi connectivity index (χ0n) is 20.2. The molecule has 0 saturated heterocycles. The molecule has 180 valence electrons. The van der Waals surface area contributed by atoms with Crippen LogP contribution in [0.15, 0.2) is 53.4 Å². The predicted octanol–water partition coefficient (Wildman–Crippen LogP) is 4.90. The van der Waals surface area contributed by atoms with E-state index in [0.29, 0.717) is 24.1 Å². The topological polar surface area (TPSA) is 60.9 Å². The highest BCUT2D eigenvalue weighted by molar-refractivity contribution is 7.92. The fourth-order valence-corrected chi connectivity index (χ4v) is 5.26. The normalized spacial score (nSPS) is 12.8. The molecule has 2 aromatic carbocycles. The van der Waals surface area contributed by atoms with Crippen LogP contribution in [-0.2, 0) is 10.0 Å². The number of aliphatic hydroxyl groups is 1. The lowest BCUT2D eigenvalue weighted by atomic mass is 10.1. The van der Waals surface area contributed by atoms with Gasteiger partial charge in [-0.3, -0.25) is 4.31 Å². The van der Waals surface area contributed by atoms with Crippen LogP contribution in [-0.4, -0.2) is 50.7 Å². The lowest BCUT2D eigenvalue weighted by Gasteiger charge is -2.31. The number of anilines is 1. The van der Waals surface area contributed by atoms with E-state index in [1.165, 1.54) is 4.31 Å². The Balaban J connectivity index is 0.00000512. The molecule has 0 aliphatic rings. The molecule has 0 aliphatic carbocycles. The van der Waals surface area contributed by atoms with Gasteiger partial charge in [0, 0.05) is 19.6 Å². The molecule has 5 nitrogen and oxygen atoms in total. The summed E-state index contributed by atoms with van der Waals surface area (Å²) in [4.78, 5) is 2.46. The van der Waals surface area contributed by atoms with Gasteiger partial charge in [0.1, 0.15) is 0 Å². The second kappa shape index (κ2) is 12.6. The molecular weight excluding hydrogens is 444 g/mol. The number of aliphatic hydroxyl groups excluding tert-OH is 1. The first kappa shape index (κ1) is 28.4. The predicted molar refractivity (Wildman–Crippen MR) is 136 cm³/mol. The molecule has 0 aromatic heterocycles. The number of hydrogen-bond donors (Lipinski definition) is 1. The number of benzene rings is 2. The monoisotopic (exact) mass is 482 g/mol. The van der Waals surface area contributed by atoms with Gasteiger partial charge in [-0.05, 0) is 55.5 Å². The van der Waals surface area contributed by atoms with Crippen molar-refractivity contribution in [2.45, 2.75) is 52.5 Å². The third kappa shape index (κ3) is 8.39. The largest absolute Gasteiger partial charge is 0.390 e. The first-order valence-corrected chi connectivity index (χ1v) is 12.5. The Morgan fingerprint density at radius 1 is 0.812 bits per heavy atom. The summed E-state index contributed by atoms with van der Waals surface area (Å²) in [7, 11) is -3.81. The maximum Gasteiger partial charge on any atom is 0.264 e. The summed E-state index contributed by atoms with van der Waals surface area (Å²) in [5.74, 6) is 0.935. The zero-order valence-corrected chi connectivity index (χ0v) is 21.8. The van der Waals surface area contributed by atoms with Crippen LogP contribution in [0.5, 0.6) is 0 Å². The number of rotatable bonds is 11. The molecule has 1 unspecified atom stereocenters. The number of aryl methyl sites for hydroxylation is 2. The molecule has 0 spiro atoms. The smallest absolute Gasteiger partial charge is 0.264 e. The van der Waals surface area contributed by atoms with Crippen LogP contribution in [0.1, 0.15) is 38.8 Å². The fraction of sp³-hybridized carbons (Fsp3) is 0.520. The van der Waals surface area contributed by atoms with E-state index in [2.05, 4.69) is 32.6 Å². The van der Waals surface area contributed by atoms with Crippen LogP contribution in [0.25, 0.3) is 0 Å². The minimum atomic E-state index is -3.81. The highest BCUT2D eigenvalue weighted by Gasteiger charge is 2.28. The van der Waals surface area contributed by atoms with Gasteiger partial charge in [-0.15, -0.1) is 12.4 Å². The highest BCUT2D eigenvalue weighted by atomic mass is 35.5. The Morgan fingerprint density at radius 2 is 1.38 bits per heavy atom. The van der Waals surface area contributed by atoms with Crippen molar-refractivity contribution in [3.8, 4) is 0 Å².